The van der Waals surface area contributed by atoms with Crippen molar-refractivity contribution < 1.29 is 28.8 Å². The van der Waals surface area contributed by atoms with E-state index >= 15 is 0 Å². The number of unbranched alkanes of at least 4 members (excludes halogenated alkanes) is 1. The van der Waals surface area contributed by atoms with Gasteiger partial charge in [0, 0.05) is 18.2 Å². The molecule has 1 aliphatic heterocycles. The number of allylic oxidation sites excluding steroid dienone is 1. The summed E-state index contributed by atoms with van der Waals surface area (Å²) in [7, 11) is 0. The van der Waals surface area contributed by atoms with E-state index in [9.17, 15) is 9.90 Å². The monoisotopic (exact) mass is 437 g/mol. The van der Waals surface area contributed by atoms with Gasteiger partial charge in [-0.25, -0.2) is 4.79 Å². The topological polar surface area (TPSA) is 105 Å². The van der Waals surface area contributed by atoms with Crippen LogP contribution >= 0.6 is 0 Å². The van der Waals surface area contributed by atoms with Gasteiger partial charge in [0.05, 0.1) is 19.5 Å². The number of rotatable bonds is 10. The molecule has 3 aromatic rings. The van der Waals surface area contributed by atoms with Crippen molar-refractivity contribution in [3.63, 3.8) is 0 Å². The summed E-state index contributed by atoms with van der Waals surface area (Å²) in [5, 5.41) is 19.2. The van der Waals surface area contributed by atoms with E-state index in [2.05, 4.69) is 16.8 Å². The second-order valence-electron chi connectivity index (χ2n) is 7.03. The third kappa shape index (κ3) is 5.00. The molecule has 0 amide bonds. The lowest BCUT2D eigenvalue weighted by Gasteiger charge is -2.04. The molecule has 1 aliphatic rings. The number of esters is 1. The number of fused-ring (bicyclic) bond motifs is 2. The van der Waals surface area contributed by atoms with Crippen LogP contribution in [0.5, 0.6) is 17.2 Å². The maximum atomic E-state index is 10.9. The normalized spacial score (nSPS) is 12.4. The van der Waals surface area contributed by atoms with Crippen LogP contribution in [0.25, 0.3) is 16.7 Å². The van der Waals surface area contributed by atoms with Gasteiger partial charge in [-0.2, -0.15) is 0 Å². The fourth-order valence-corrected chi connectivity index (χ4v) is 3.11. The van der Waals surface area contributed by atoms with Crippen LogP contribution in [0.1, 0.15) is 18.4 Å². The molecular formula is C23H23N3O6. The third-order valence-corrected chi connectivity index (χ3v) is 4.74. The molecule has 0 fully saturated rings. The summed E-state index contributed by atoms with van der Waals surface area (Å²) in [5.74, 6) is 0.641. The minimum Gasteiger partial charge on any atom is -0.505 e. The Morgan fingerprint density at radius 3 is 2.75 bits per heavy atom. The Bertz CT molecular complexity index is 1150. The first-order chi connectivity index (χ1) is 15.6. The fraction of sp³-hybridized carbons (Fsp3) is 0.261. The highest BCUT2D eigenvalue weighted by Crippen LogP contribution is 2.39. The molecule has 166 valence electrons. The molecule has 0 radical (unpaired) electrons. The van der Waals surface area contributed by atoms with Crippen LogP contribution in [-0.4, -0.2) is 46.1 Å². The van der Waals surface area contributed by atoms with E-state index in [1.54, 1.807) is 12.3 Å². The lowest BCUT2D eigenvalue weighted by atomic mass is 10.1. The van der Waals surface area contributed by atoms with Crippen molar-refractivity contribution in [1.82, 2.24) is 15.0 Å². The highest BCUT2D eigenvalue weighted by atomic mass is 16.7. The predicted molar refractivity (Wildman–Crippen MR) is 116 cm³/mol. The van der Waals surface area contributed by atoms with Gasteiger partial charge in [0.2, 0.25) is 6.79 Å². The van der Waals surface area contributed by atoms with Crippen molar-refractivity contribution in [3.8, 4) is 22.9 Å². The van der Waals surface area contributed by atoms with Crippen molar-refractivity contribution in [3.05, 3.63) is 60.9 Å². The van der Waals surface area contributed by atoms with E-state index in [0.29, 0.717) is 47.9 Å². The summed E-state index contributed by atoms with van der Waals surface area (Å²) in [6.45, 7) is 4.38. The van der Waals surface area contributed by atoms with Gasteiger partial charge in [-0.1, -0.05) is 12.6 Å². The van der Waals surface area contributed by atoms with Crippen LogP contribution in [0.4, 0.5) is 0 Å². The van der Waals surface area contributed by atoms with Crippen LogP contribution < -0.4 is 9.47 Å². The van der Waals surface area contributed by atoms with Crippen molar-refractivity contribution in [2.75, 3.05) is 20.0 Å². The molecule has 0 bridgehead atoms. The Morgan fingerprint density at radius 1 is 1.12 bits per heavy atom. The molecule has 1 aromatic heterocycles. The van der Waals surface area contributed by atoms with E-state index in [1.807, 2.05) is 24.3 Å². The molecule has 0 unspecified atom stereocenters. The van der Waals surface area contributed by atoms with Crippen molar-refractivity contribution >= 4 is 17.0 Å². The van der Waals surface area contributed by atoms with Gasteiger partial charge in [0.25, 0.3) is 0 Å². The summed E-state index contributed by atoms with van der Waals surface area (Å²) in [5.41, 5.74) is 2.89. The lowest BCUT2D eigenvalue weighted by molar-refractivity contribution is -0.137. The van der Waals surface area contributed by atoms with Gasteiger partial charge in [-0.3, -0.25) is 0 Å². The molecule has 9 nitrogen and oxygen atoms in total. The zero-order valence-corrected chi connectivity index (χ0v) is 17.4. The van der Waals surface area contributed by atoms with Crippen LogP contribution in [0.2, 0.25) is 0 Å². The number of phenols is 1. The van der Waals surface area contributed by atoms with Crippen LogP contribution in [-0.2, 0) is 20.7 Å². The number of ether oxygens (including phenoxy) is 4. The largest absolute Gasteiger partial charge is 0.505 e. The second kappa shape index (κ2) is 9.86. The zero-order chi connectivity index (χ0) is 22.3. The number of benzene rings is 2. The van der Waals surface area contributed by atoms with Crippen molar-refractivity contribution in [2.45, 2.75) is 19.3 Å². The molecular weight excluding hydrogens is 414 g/mol. The summed E-state index contributed by atoms with van der Waals surface area (Å²) >= 11 is 0. The Hall–Kier alpha value is -4.01. The number of phenolic OH excluding ortho intramolecular Hbond substituents is 1. The minimum absolute atomic E-state index is 0.00808. The first-order valence-corrected chi connectivity index (χ1v) is 10.2. The average molecular weight is 437 g/mol. The number of aromatic hydroxyl groups is 1. The summed E-state index contributed by atoms with van der Waals surface area (Å²) in [6.07, 6.45) is 6.94. The zero-order valence-electron chi connectivity index (χ0n) is 17.4. The molecule has 0 atom stereocenters. The molecule has 0 aliphatic carbocycles. The Labute approximate surface area is 184 Å². The van der Waals surface area contributed by atoms with Gasteiger partial charge in [-0.15, -0.1) is 15.0 Å². The molecule has 2 heterocycles. The molecule has 32 heavy (non-hydrogen) atoms. The van der Waals surface area contributed by atoms with E-state index in [0.717, 1.165) is 24.5 Å². The minimum atomic E-state index is -0.407. The fourth-order valence-electron chi connectivity index (χ4n) is 3.11. The van der Waals surface area contributed by atoms with E-state index in [-0.39, 0.29) is 12.5 Å². The molecule has 0 saturated carbocycles. The van der Waals surface area contributed by atoms with Crippen molar-refractivity contribution in [2.24, 2.45) is 0 Å². The number of hydrogen-bond donors (Lipinski definition) is 1. The van der Waals surface area contributed by atoms with Gasteiger partial charge in [0.1, 0.15) is 22.5 Å². The van der Waals surface area contributed by atoms with Gasteiger partial charge >= 0.3 is 5.97 Å². The Kier molecular flexibility index (Phi) is 6.54. The van der Waals surface area contributed by atoms with E-state index in [4.69, 9.17) is 18.9 Å². The summed E-state index contributed by atoms with van der Waals surface area (Å²) in [4.78, 5) is 12.3. The number of hydrogen-bond acceptors (Lipinski definition) is 8. The molecule has 9 heteroatoms. The second-order valence-corrected chi connectivity index (χ2v) is 7.03. The quantitative estimate of drug-likeness (QED) is 0.223. The number of nitrogens with zero attached hydrogens (tertiary/aromatic N) is 3. The maximum Gasteiger partial charge on any atom is 0.330 e. The average Bonchev–Trinajstić information content (AvgIpc) is 3.42. The van der Waals surface area contributed by atoms with Crippen molar-refractivity contribution in [1.29, 1.82) is 0 Å². The molecule has 0 spiro atoms. The van der Waals surface area contributed by atoms with Crippen LogP contribution in [0.15, 0.2) is 55.3 Å². The molecule has 4 rings (SSSR count). The predicted octanol–water partition coefficient (Wildman–Crippen LogP) is 3.44. The molecule has 0 saturated heterocycles. The lowest BCUT2D eigenvalue weighted by Crippen LogP contribution is -2.02. The smallest absolute Gasteiger partial charge is 0.330 e. The first kappa shape index (κ1) is 21.2. The van der Waals surface area contributed by atoms with E-state index < -0.39 is 5.97 Å². The SMILES string of the molecule is C=CC(=O)OCCCCOC=CCc1ccc2nn(-c3cc4c(cc3O)OCO4)nc2c1. The van der Waals surface area contributed by atoms with E-state index in [1.165, 1.54) is 10.9 Å². The van der Waals surface area contributed by atoms with Crippen LogP contribution in [0, 0.1) is 0 Å². The van der Waals surface area contributed by atoms with Gasteiger partial charge in [-0.05, 0) is 43.0 Å². The summed E-state index contributed by atoms with van der Waals surface area (Å²) in [6, 6.07) is 8.95. The number of aromatic nitrogens is 3. The van der Waals surface area contributed by atoms with Gasteiger partial charge < -0.3 is 24.1 Å². The van der Waals surface area contributed by atoms with Crippen LogP contribution in [0.3, 0.4) is 0 Å². The number of carbonyl (C=O) groups is 1. The number of carbonyl (C=O) groups excluding carboxylic acids is 1. The highest BCUT2D eigenvalue weighted by molar-refractivity contribution is 5.81. The Balaban J connectivity index is 1.30. The standard InChI is InChI=1S/C23H23N3O6/c1-2-23(28)30-11-4-3-9-29-10-5-6-16-7-8-17-18(12-16)25-26(24-17)19-13-21-22(14-20(19)27)32-15-31-21/h2,5,7-8,10,12-14,27H,1,3-4,6,9,11,15H2. The molecule has 2 aromatic carbocycles. The third-order valence-electron chi connectivity index (χ3n) is 4.74. The Morgan fingerprint density at radius 2 is 1.91 bits per heavy atom. The maximum absolute atomic E-state index is 10.9. The first-order valence-electron chi connectivity index (χ1n) is 10.2. The molecule has 1 N–H and O–H groups in total. The van der Waals surface area contributed by atoms with Gasteiger partial charge in [0.15, 0.2) is 11.5 Å². The highest BCUT2D eigenvalue weighted by Gasteiger charge is 2.19. The summed E-state index contributed by atoms with van der Waals surface area (Å²) < 4.78 is 21.0.